The molecule has 0 bridgehead atoms. The van der Waals surface area contributed by atoms with Crippen molar-refractivity contribution in [1.82, 2.24) is 4.90 Å². The van der Waals surface area contributed by atoms with Crippen molar-refractivity contribution in [2.45, 2.75) is 6.54 Å². The number of rotatable bonds is 7. The van der Waals surface area contributed by atoms with Crippen LogP contribution in [0.2, 0.25) is 0 Å². The molecule has 1 aliphatic heterocycles. The number of benzene rings is 3. The SMILES string of the molecule is COc1ccc(C(=O)Oc2c(Br)cc(/C=C3\SC(=O)N(Cc4ccc(F)cc4)C3=O)cc2OC)cc1. The van der Waals surface area contributed by atoms with Crippen LogP contribution < -0.4 is 14.2 Å². The quantitative estimate of drug-likeness (QED) is 0.193. The van der Waals surface area contributed by atoms with Crippen LogP contribution >= 0.6 is 27.7 Å². The van der Waals surface area contributed by atoms with E-state index in [1.807, 2.05) is 0 Å². The maximum absolute atomic E-state index is 13.2. The zero-order chi connectivity index (χ0) is 25.8. The highest BCUT2D eigenvalue weighted by molar-refractivity contribution is 9.10. The molecule has 0 atom stereocenters. The number of hydrogen-bond acceptors (Lipinski definition) is 7. The molecular formula is C26H19BrFNO6S. The van der Waals surface area contributed by atoms with Crippen molar-refractivity contribution in [3.05, 3.63) is 92.5 Å². The predicted octanol–water partition coefficient (Wildman–Crippen LogP) is 6.06. The van der Waals surface area contributed by atoms with E-state index >= 15 is 0 Å². The van der Waals surface area contributed by atoms with Crippen molar-refractivity contribution in [1.29, 1.82) is 0 Å². The molecule has 184 valence electrons. The lowest BCUT2D eigenvalue weighted by Crippen LogP contribution is -2.27. The van der Waals surface area contributed by atoms with Crippen LogP contribution in [0.25, 0.3) is 6.08 Å². The number of carbonyl (C=O) groups excluding carboxylic acids is 3. The summed E-state index contributed by atoms with van der Waals surface area (Å²) in [5.41, 5.74) is 1.51. The van der Waals surface area contributed by atoms with Crippen molar-refractivity contribution >= 4 is 50.9 Å². The number of carbonyl (C=O) groups is 3. The molecule has 1 fully saturated rings. The Morgan fingerprint density at radius 2 is 1.72 bits per heavy atom. The second kappa shape index (κ2) is 11.0. The third-order valence-corrected chi connectivity index (χ3v) is 6.69. The van der Waals surface area contributed by atoms with Gasteiger partial charge in [-0.2, -0.15) is 0 Å². The van der Waals surface area contributed by atoms with Crippen LogP contribution in [-0.4, -0.2) is 36.2 Å². The van der Waals surface area contributed by atoms with E-state index in [-0.39, 0.29) is 22.9 Å². The minimum atomic E-state index is -0.591. The smallest absolute Gasteiger partial charge is 0.343 e. The average Bonchev–Trinajstić information content (AvgIpc) is 3.13. The molecule has 0 unspecified atom stereocenters. The largest absolute Gasteiger partial charge is 0.497 e. The molecule has 0 radical (unpaired) electrons. The summed E-state index contributed by atoms with van der Waals surface area (Å²) in [5, 5.41) is -0.424. The Labute approximate surface area is 219 Å². The van der Waals surface area contributed by atoms with Crippen molar-refractivity contribution in [2.75, 3.05) is 14.2 Å². The minimum Gasteiger partial charge on any atom is -0.497 e. The normalized spacial score (nSPS) is 14.3. The standard InChI is InChI=1S/C26H19BrFNO6S/c1-33-19-9-5-17(6-10-19)25(31)35-23-20(27)11-16(12-21(23)34-2)13-22-24(30)29(26(32)36-22)14-15-3-7-18(28)8-4-15/h3-13H,14H2,1-2H3/b22-13-. The number of imide groups is 1. The first-order chi connectivity index (χ1) is 17.3. The van der Waals surface area contributed by atoms with Crippen LogP contribution in [0.3, 0.4) is 0 Å². The van der Waals surface area contributed by atoms with Gasteiger partial charge in [-0.25, -0.2) is 9.18 Å². The van der Waals surface area contributed by atoms with Crippen LogP contribution in [0.4, 0.5) is 9.18 Å². The molecular weight excluding hydrogens is 553 g/mol. The fourth-order valence-corrected chi connectivity index (χ4v) is 4.74. The van der Waals surface area contributed by atoms with Crippen LogP contribution in [0.15, 0.2) is 70.0 Å². The predicted molar refractivity (Wildman–Crippen MR) is 137 cm³/mol. The Morgan fingerprint density at radius 3 is 2.36 bits per heavy atom. The molecule has 3 aromatic rings. The Balaban J connectivity index is 1.54. The lowest BCUT2D eigenvalue weighted by atomic mass is 10.1. The van der Waals surface area contributed by atoms with Crippen LogP contribution in [0, 0.1) is 5.82 Å². The lowest BCUT2D eigenvalue weighted by molar-refractivity contribution is -0.123. The molecule has 0 spiro atoms. The molecule has 0 aromatic heterocycles. The maximum atomic E-state index is 13.2. The third-order valence-electron chi connectivity index (χ3n) is 5.20. The highest BCUT2D eigenvalue weighted by Crippen LogP contribution is 2.39. The first-order valence-electron chi connectivity index (χ1n) is 10.5. The average molecular weight is 572 g/mol. The summed E-state index contributed by atoms with van der Waals surface area (Å²) < 4.78 is 29.6. The Morgan fingerprint density at radius 1 is 1.03 bits per heavy atom. The van der Waals surface area contributed by atoms with Gasteiger partial charge in [-0.1, -0.05) is 12.1 Å². The zero-order valence-corrected chi connectivity index (χ0v) is 21.5. The van der Waals surface area contributed by atoms with Crippen molar-refractivity contribution in [3.8, 4) is 17.2 Å². The number of ether oxygens (including phenoxy) is 3. The summed E-state index contributed by atoms with van der Waals surface area (Å²) in [6.45, 7) is 0.0373. The molecule has 2 amide bonds. The fourth-order valence-electron chi connectivity index (χ4n) is 3.36. The van der Waals surface area contributed by atoms with Crippen LogP contribution in [0.1, 0.15) is 21.5 Å². The molecule has 1 aliphatic rings. The van der Waals surface area contributed by atoms with Gasteiger partial charge in [-0.15, -0.1) is 0 Å². The summed E-state index contributed by atoms with van der Waals surface area (Å²) in [6, 6.07) is 15.3. The second-order valence-electron chi connectivity index (χ2n) is 7.55. The number of hydrogen-bond donors (Lipinski definition) is 0. The van der Waals surface area contributed by atoms with E-state index in [1.54, 1.807) is 42.5 Å². The zero-order valence-electron chi connectivity index (χ0n) is 19.1. The summed E-state index contributed by atoms with van der Waals surface area (Å²) in [6.07, 6.45) is 1.55. The van der Waals surface area contributed by atoms with E-state index in [4.69, 9.17) is 14.2 Å². The molecule has 0 aliphatic carbocycles. The molecule has 0 N–H and O–H groups in total. The third kappa shape index (κ3) is 5.60. The molecule has 1 heterocycles. The maximum Gasteiger partial charge on any atom is 0.343 e. The highest BCUT2D eigenvalue weighted by Gasteiger charge is 2.35. The number of methoxy groups -OCH3 is 2. The minimum absolute atomic E-state index is 0.0373. The molecule has 0 saturated carbocycles. The van der Waals surface area contributed by atoms with Crippen LogP contribution in [-0.2, 0) is 11.3 Å². The Hall–Kier alpha value is -3.63. The lowest BCUT2D eigenvalue weighted by Gasteiger charge is -2.13. The number of esters is 1. The summed E-state index contributed by atoms with van der Waals surface area (Å²) in [7, 11) is 2.95. The van der Waals surface area contributed by atoms with Crippen LogP contribution in [0.5, 0.6) is 17.2 Å². The molecule has 3 aromatic carbocycles. The van der Waals surface area contributed by atoms with Gasteiger partial charge in [-0.3, -0.25) is 14.5 Å². The van der Waals surface area contributed by atoms with Gasteiger partial charge in [0.1, 0.15) is 11.6 Å². The second-order valence-corrected chi connectivity index (χ2v) is 9.39. The fraction of sp³-hybridized carbons (Fsp3) is 0.115. The van der Waals surface area contributed by atoms with Gasteiger partial charge in [0.15, 0.2) is 11.5 Å². The first kappa shape index (κ1) is 25.5. The molecule has 1 saturated heterocycles. The summed E-state index contributed by atoms with van der Waals surface area (Å²) >= 11 is 4.20. The molecule has 7 nitrogen and oxygen atoms in total. The van der Waals surface area contributed by atoms with Gasteiger partial charge >= 0.3 is 5.97 Å². The van der Waals surface area contributed by atoms with Gasteiger partial charge in [-0.05, 0) is 93.4 Å². The molecule has 36 heavy (non-hydrogen) atoms. The van der Waals surface area contributed by atoms with Crippen molar-refractivity contribution in [2.24, 2.45) is 0 Å². The van der Waals surface area contributed by atoms with E-state index in [2.05, 4.69) is 15.9 Å². The van der Waals surface area contributed by atoms with E-state index in [0.29, 0.717) is 26.9 Å². The first-order valence-corrected chi connectivity index (χ1v) is 12.1. The Kier molecular flexibility index (Phi) is 7.76. The van der Waals surface area contributed by atoms with E-state index < -0.39 is 22.9 Å². The monoisotopic (exact) mass is 571 g/mol. The molecule has 10 heteroatoms. The van der Waals surface area contributed by atoms with Crippen molar-refractivity contribution < 1.29 is 33.0 Å². The number of nitrogens with zero attached hydrogens (tertiary/aromatic N) is 1. The Bertz CT molecular complexity index is 1360. The van der Waals surface area contributed by atoms with E-state index in [0.717, 1.165) is 16.7 Å². The van der Waals surface area contributed by atoms with E-state index in [9.17, 15) is 18.8 Å². The number of thioether (sulfide) groups is 1. The van der Waals surface area contributed by atoms with Crippen molar-refractivity contribution in [3.63, 3.8) is 0 Å². The molecule has 4 rings (SSSR count). The number of halogens is 2. The van der Waals surface area contributed by atoms with Gasteiger partial charge in [0.05, 0.1) is 35.7 Å². The number of amides is 2. The van der Waals surface area contributed by atoms with Gasteiger partial charge in [0.25, 0.3) is 11.1 Å². The highest BCUT2D eigenvalue weighted by atomic mass is 79.9. The summed E-state index contributed by atoms with van der Waals surface area (Å²) in [5.74, 6) is -0.421. The topological polar surface area (TPSA) is 82.1 Å². The van der Waals surface area contributed by atoms with Gasteiger partial charge in [0.2, 0.25) is 0 Å². The van der Waals surface area contributed by atoms with E-state index in [1.165, 1.54) is 38.5 Å². The summed E-state index contributed by atoms with van der Waals surface area (Å²) in [4.78, 5) is 39.3. The van der Waals surface area contributed by atoms with Gasteiger partial charge < -0.3 is 14.2 Å². The van der Waals surface area contributed by atoms with Gasteiger partial charge in [0, 0.05) is 0 Å².